The van der Waals surface area contributed by atoms with E-state index in [4.69, 9.17) is 0 Å². The summed E-state index contributed by atoms with van der Waals surface area (Å²) in [4.78, 5) is 29.1. The van der Waals surface area contributed by atoms with Crippen LogP contribution in [0.2, 0.25) is 0 Å². The van der Waals surface area contributed by atoms with Gasteiger partial charge in [0, 0.05) is 44.7 Å². The summed E-state index contributed by atoms with van der Waals surface area (Å²) in [7, 11) is 0. The quantitative estimate of drug-likeness (QED) is 0.591. The average Bonchev–Trinajstić information content (AvgIpc) is 2.78. The number of aryl methyl sites for hydroxylation is 2. The maximum Gasteiger partial charge on any atom is 0.228 e. The topological polar surface area (TPSA) is 62.2 Å². The van der Waals surface area contributed by atoms with Crippen LogP contribution in [0.3, 0.4) is 0 Å². The van der Waals surface area contributed by atoms with Crippen molar-refractivity contribution in [1.29, 1.82) is 0 Å². The van der Waals surface area contributed by atoms with E-state index in [0.29, 0.717) is 22.9 Å². The third-order valence-corrected chi connectivity index (χ3v) is 5.97. The molecular formula is C25H28FN5O. The molecule has 6 nitrogen and oxygen atoms in total. The zero-order chi connectivity index (χ0) is 22.7. The molecular weight excluding hydrogens is 405 g/mol. The van der Waals surface area contributed by atoms with Gasteiger partial charge in [-0.15, -0.1) is 0 Å². The van der Waals surface area contributed by atoms with Crippen LogP contribution >= 0.6 is 0 Å². The van der Waals surface area contributed by atoms with Crippen molar-refractivity contribution >= 4 is 17.4 Å². The fourth-order valence-corrected chi connectivity index (χ4v) is 3.99. The van der Waals surface area contributed by atoms with Crippen LogP contribution in [0, 0.1) is 19.7 Å². The number of benzene rings is 2. The van der Waals surface area contributed by atoms with E-state index in [2.05, 4.69) is 56.8 Å². The van der Waals surface area contributed by atoms with Crippen LogP contribution in [0.1, 0.15) is 35.0 Å². The van der Waals surface area contributed by atoms with E-state index < -0.39 is 0 Å². The van der Waals surface area contributed by atoms with E-state index in [0.717, 1.165) is 26.2 Å². The van der Waals surface area contributed by atoms with Gasteiger partial charge in [0.1, 0.15) is 23.8 Å². The van der Waals surface area contributed by atoms with Gasteiger partial charge in [-0.05, 0) is 55.2 Å². The molecule has 0 bridgehead atoms. The summed E-state index contributed by atoms with van der Waals surface area (Å²) in [6.07, 6.45) is 1.84. The van der Waals surface area contributed by atoms with Gasteiger partial charge in [-0.25, -0.2) is 14.4 Å². The predicted molar refractivity (Wildman–Crippen MR) is 124 cm³/mol. The summed E-state index contributed by atoms with van der Waals surface area (Å²) in [5.74, 6) is 0.718. The Morgan fingerprint density at radius 3 is 2.41 bits per heavy atom. The highest BCUT2D eigenvalue weighted by Crippen LogP contribution is 2.22. The molecule has 32 heavy (non-hydrogen) atoms. The molecule has 166 valence electrons. The lowest BCUT2D eigenvalue weighted by molar-refractivity contribution is -0.116. The van der Waals surface area contributed by atoms with Gasteiger partial charge in [-0.3, -0.25) is 4.79 Å². The summed E-state index contributed by atoms with van der Waals surface area (Å²) >= 11 is 0. The number of carbonyl (C=O) groups excluding carboxylic acids is 1. The number of halogens is 1. The van der Waals surface area contributed by atoms with E-state index in [9.17, 15) is 9.18 Å². The molecule has 2 aromatic carbocycles. The maximum absolute atomic E-state index is 14.8. The lowest BCUT2D eigenvalue weighted by Gasteiger charge is -2.36. The van der Waals surface area contributed by atoms with E-state index in [1.54, 1.807) is 18.2 Å². The van der Waals surface area contributed by atoms with Crippen LogP contribution in [0.25, 0.3) is 0 Å². The number of hydrogen-bond donors (Lipinski definition) is 0. The Hall–Kier alpha value is -3.35. The second-order valence-corrected chi connectivity index (χ2v) is 8.39. The minimum Gasteiger partial charge on any atom is -0.368 e. The van der Waals surface area contributed by atoms with Crippen molar-refractivity contribution in [2.75, 3.05) is 36.0 Å². The molecule has 1 saturated heterocycles. The molecule has 1 aliphatic heterocycles. The molecule has 2 heterocycles. The fraction of sp³-hybridized carbons (Fsp3) is 0.360. The smallest absolute Gasteiger partial charge is 0.228 e. The second-order valence-electron chi connectivity index (χ2n) is 8.39. The zero-order valence-electron chi connectivity index (χ0n) is 18.8. The minimum atomic E-state index is -0.355. The van der Waals surface area contributed by atoms with Crippen LogP contribution in [0.5, 0.6) is 0 Å². The molecule has 0 radical (unpaired) electrons. The van der Waals surface area contributed by atoms with Crippen LogP contribution in [0.4, 0.5) is 16.0 Å². The summed E-state index contributed by atoms with van der Waals surface area (Å²) in [5.41, 5.74) is 4.73. The van der Waals surface area contributed by atoms with Crippen molar-refractivity contribution in [3.05, 3.63) is 76.6 Å². The molecule has 1 aliphatic rings. The molecule has 0 atom stereocenters. The highest BCUT2D eigenvalue weighted by Gasteiger charge is 2.20. The largest absolute Gasteiger partial charge is 0.368 e. The first kappa shape index (κ1) is 21.9. The first-order chi connectivity index (χ1) is 15.4. The molecule has 1 aromatic heterocycles. The van der Waals surface area contributed by atoms with E-state index in [-0.39, 0.29) is 24.4 Å². The number of ketones is 1. The van der Waals surface area contributed by atoms with Gasteiger partial charge >= 0.3 is 0 Å². The van der Waals surface area contributed by atoms with Gasteiger partial charge in [-0.2, -0.15) is 4.98 Å². The van der Waals surface area contributed by atoms with Gasteiger partial charge in [0.25, 0.3) is 0 Å². The first-order valence-electron chi connectivity index (χ1n) is 10.9. The van der Waals surface area contributed by atoms with Crippen molar-refractivity contribution in [2.24, 2.45) is 0 Å². The Morgan fingerprint density at radius 2 is 1.69 bits per heavy atom. The highest BCUT2D eigenvalue weighted by molar-refractivity contribution is 5.78. The maximum atomic E-state index is 14.8. The third-order valence-electron chi connectivity index (χ3n) is 5.97. The lowest BCUT2D eigenvalue weighted by atomic mass is 10.0. The van der Waals surface area contributed by atoms with Crippen molar-refractivity contribution in [3.8, 4) is 0 Å². The molecule has 0 amide bonds. The van der Waals surface area contributed by atoms with Crippen LogP contribution in [-0.4, -0.2) is 46.9 Å². The number of hydrogen-bond acceptors (Lipinski definition) is 6. The monoisotopic (exact) mass is 433 g/mol. The Labute approximate surface area is 188 Å². The molecule has 7 heteroatoms. The van der Waals surface area contributed by atoms with E-state index in [1.165, 1.54) is 30.1 Å². The molecule has 4 rings (SSSR count). The van der Waals surface area contributed by atoms with Gasteiger partial charge in [0.2, 0.25) is 5.95 Å². The Morgan fingerprint density at radius 1 is 0.969 bits per heavy atom. The average molecular weight is 434 g/mol. The molecule has 0 N–H and O–H groups in total. The standard InChI is InChI=1S/C25H28FN5O/c1-17-7-8-22(13-18(17)2)30-9-11-31(12-10-30)25-28-16-27-23(29-25)15-21-6-4-5-20(24(21)26)14-19(3)32/h4-8,13,16H,9-12,14-15H2,1-3H3. The Kier molecular flexibility index (Phi) is 6.44. The number of nitrogens with zero attached hydrogens (tertiary/aromatic N) is 5. The fourth-order valence-electron chi connectivity index (χ4n) is 3.99. The molecule has 0 aliphatic carbocycles. The molecule has 1 fully saturated rings. The Bertz CT molecular complexity index is 1130. The van der Waals surface area contributed by atoms with Gasteiger partial charge < -0.3 is 9.80 Å². The number of Topliss-reactive ketones (excluding diaryl/α,β-unsaturated/α-hetero) is 1. The minimum absolute atomic E-state index is 0.0663. The normalized spacial score (nSPS) is 14.0. The van der Waals surface area contributed by atoms with Crippen molar-refractivity contribution in [3.63, 3.8) is 0 Å². The van der Waals surface area contributed by atoms with Crippen molar-refractivity contribution < 1.29 is 9.18 Å². The molecule has 0 spiro atoms. The summed E-state index contributed by atoms with van der Waals surface area (Å²) in [6.45, 7) is 9.10. The zero-order valence-corrected chi connectivity index (χ0v) is 18.8. The van der Waals surface area contributed by atoms with E-state index >= 15 is 0 Å². The number of piperazine rings is 1. The van der Waals surface area contributed by atoms with Crippen LogP contribution < -0.4 is 9.80 Å². The van der Waals surface area contributed by atoms with Crippen molar-refractivity contribution in [1.82, 2.24) is 15.0 Å². The molecule has 3 aromatic rings. The number of aromatic nitrogens is 3. The van der Waals surface area contributed by atoms with Crippen molar-refractivity contribution in [2.45, 2.75) is 33.6 Å². The Balaban J connectivity index is 1.44. The van der Waals surface area contributed by atoms with Crippen LogP contribution in [0.15, 0.2) is 42.7 Å². The van der Waals surface area contributed by atoms with Gasteiger partial charge in [0.15, 0.2) is 0 Å². The summed E-state index contributed by atoms with van der Waals surface area (Å²) in [6, 6.07) is 11.7. The molecule has 0 saturated carbocycles. The number of carbonyl (C=O) groups is 1. The lowest BCUT2D eigenvalue weighted by Crippen LogP contribution is -2.47. The second kappa shape index (κ2) is 9.42. The van der Waals surface area contributed by atoms with Gasteiger partial charge in [-0.1, -0.05) is 24.3 Å². The number of rotatable bonds is 6. The van der Waals surface area contributed by atoms with Crippen LogP contribution in [-0.2, 0) is 17.6 Å². The third kappa shape index (κ3) is 4.93. The first-order valence-corrected chi connectivity index (χ1v) is 10.9. The summed E-state index contributed by atoms with van der Waals surface area (Å²) < 4.78 is 14.8. The highest BCUT2D eigenvalue weighted by atomic mass is 19.1. The SMILES string of the molecule is CC(=O)Cc1cccc(Cc2ncnc(N3CCN(c4ccc(C)c(C)c4)CC3)n2)c1F. The number of anilines is 2. The summed E-state index contributed by atoms with van der Waals surface area (Å²) in [5, 5.41) is 0. The predicted octanol–water partition coefficient (Wildman–Crippen LogP) is 3.68. The molecule has 0 unspecified atom stereocenters. The van der Waals surface area contributed by atoms with E-state index in [1.807, 2.05) is 0 Å². The van der Waals surface area contributed by atoms with Gasteiger partial charge in [0.05, 0.1) is 0 Å².